The van der Waals surface area contributed by atoms with Crippen LogP contribution in [0.2, 0.25) is 0 Å². The number of rotatable bonds is 5. The second-order valence-corrected chi connectivity index (χ2v) is 5.39. The van der Waals surface area contributed by atoms with Crippen molar-refractivity contribution in [2.24, 2.45) is 0 Å². The first kappa shape index (κ1) is 14.6. The largest absolute Gasteiger partial charge is 0.497 e. The average Bonchev–Trinajstić information content (AvgIpc) is 2.94. The predicted octanol–water partition coefficient (Wildman–Crippen LogP) is 4.55. The SMILES string of the molecule is CCCCc1cc2nc(-c3ccc(OC)cc3)c(C)nc2o1. The topological polar surface area (TPSA) is 48.2 Å². The Morgan fingerprint density at radius 2 is 1.91 bits per heavy atom. The molecule has 0 bridgehead atoms. The van der Waals surface area contributed by atoms with Gasteiger partial charge in [0.05, 0.1) is 18.5 Å². The van der Waals surface area contributed by atoms with Gasteiger partial charge in [-0.15, -0.1) is 0 Å². The maximum absolute atomic E-state index is 5.78. The molecule has 114 valence electrons. The van der Waals surface area contributed by atoms with Gasteiger partial charge in [-0.2, -0.15) is 0 Å². The molecule has 3 aromatic rings. The van der Waals surface area contributed by atoms with E-state index in [1.54, 1.807) is 7.11 Å². The third kappa shape index (κ3) is 2.82. The highest BCUT2D eigenvalue weighted by atomic mass is 16.5. The lowest BCUT2D eigenvalue weighted by atomic mass is 10.1. The van der Waals surface area contributed by atoms with Crippen LogP contribution < -0.4 is 4.74 Å². The molecule has 2 heterocycles. The second kappa shape index (κ2) is 6.18. The Kier molecular flexibility index (Phi) is 4.09. The Bertz CT molecular complexity index is 776. The van der Waals surface area contributed by atoms with Crippen LogP contribution in [0.1, 0.15) is 31.2 Å². The van der Waals surface area contributed by atoms with Gasteiger partial charge in [0.25, 0.3) is 0 Å². The number of hydrogen-bond acceptors (Lipinski definition) is 4. The third-order valence-corrected chi connectivity index (χ3v) is 3.73. The van der Waals surface area contributed by atoms with Gasteiger partial charge in [-0.1, -0.05) is 13.3 Å². The van der Waals surface area contributed by atoms with Gasteiger partial charge in [0.15, 0.2) is 0 Å². The molecule has 4 heteroatoms. The highest BCUT2D eigenvalue weighted by Gasteiger charge is 2.12. The molecule has 0 spiro atoms. The van der Waals surface area contributed by atoms with Gasteiger partial charge in [-0.05, 0) is 37.6 Å². The van der Waals surface area contributed by atoms with E-state index in [1.165, 1.54) is 0 Å². The molecule has 0 aliphatic heterocycles. The van der Waals surface area contributed by atoms with E-state index in [-0.39, 0.29) is 0 Å². The lowest BCUT2D eigenvalue weighted by Crippen LogP contribution is -1.92. The van der Waals surface area contributed by atoms with Crippen molar-refractivity contribution in [2.45, 2.75) is 33.1 Å². The highest BCUT2D eigenvalue weighted by molar-refractivity contribution is 5.75. The molecule has 4 nitrogen and oxygen atoms in total. The Labute approximate surface area is 130 Å². The second-order valence-electron chi connectivity index (χ2n) is 5.39. The van der Waals surface area contributed by atoms with E-state index in [2.05, 4.69) is 11.9 Å². The summed E-state index contributed by atoms with van der Waals surface area (Å²) in [4.78, 5) is 9.30. The summed E-state index contributed by atoms with van der Waals surface area (Å²) in [6, 6.07) is 9.87. The zero-order valence-corrected chi connectivity index (χ0v) is 13.2. The number of nitrogens with zero attached hydrogens (tertiary/aromatic N) is 2. The quantitative estimate of drug-likeness (QED) is 0.693. The molecule has 0 amide bonds. The number of benzene rings is 1. The van der Waals surface area contributed by atoms with Gasteiger partial charge in [0.2, 0.25) is 5.71 Å². The molecule has 1 aromatic carbocycles. The lowest BCUT2D eigenvalue weighted by molar-refractivity contribution is 0.415. The van der Waals surface area contributed by atoms with E-state index in [0.717, 1.165) is 53.2 Å². The van der Waals surface area contributed by atoms with Crippen molar-refractivity contribution < 1.29 is 9.15 Å². The van der Waals surface area contributed by atoms with E-state index in [9.17, 15) is 0 Å². The van der Waals surface area contributed by atoms with Gasteiger partial charge in [-0.3, -0.25) is 0 Å². The molecular formula is C18H20N2O2. The van der Waals surface area contributed by atoms with Gasteiger partial charge >= 0.3 is 0 Å². The summed E-state index contributed by atoms with van der Waals surface area (Å²) in [6.07, 6.45) is 3.20. The van der Waals surface area contributed by atoms with Crippen molar-refractivity contribution in [1.82, 2.24) is 9.97 Å². The fraction of sp³-hybridized carbons (Fsp3) is 0.333. The summed E-state index contributed by atoms with van der Waals surface area (Å²) in [6.45, 7) is 4.13. The number of aromatic nitrogens is 2. The van der Waals surface area contributed by atoms with Crippen LogP contribution in [0.3, 0.4) is 0 Å². The average molecular weight is 296 g/mol. The minimum atomic E-state index is 0.626. The number of methoxy groups -OCH3 is 1. The maximum Gasteiger partial charge on any atom is 0.245 e. The maximum atomic E-state index is 5.78. The zero-order valence-electron chi connectivity index (χ0n) is 13.2. The van der Waals surface area contributed by atoms with Gasteiger partial charge in [0, 0.05) is 18.1 Å². The molecule has 0 saturated carbocycles. The number of fused-ring (bicyclic) bond motifs is 1. The Hall–Kier alpha value is -2.36. The molecular weight excluding hydrogens is 276 g/mol. The Morgan fingerprint density at radius 3 is 2.59 bits per heavy atom. The summed E-state index contributed by atoms with van der Waals surface area (Å²) in [5.74, 6) is 1.80. The standard InChI is InChI=1S/C18H20N2O2/c1-4-5-6-15-11-16-18(22-15)19-12(2)17(20-16)13-7-9-14(21-3)10-8-13/h7-11H,4-6H2,1-3H3. The summed E-state index contributed by atoms with van der Waals surface area (Å²) >= 11 is 0. The first-order chi connectivity index (χ1) is 10.7. The van der Waals surface area contributed by atoms with Crippen LogP contribution in [0.4, 0.5) is 0 Å². The van der Waals surface area contributed by atoms with Crippen molar-refractivity contribution >= 4 is 11.2 Å². The summed E-state index contributed by atoms with van der Waals surface area (Å²) in [5, 5.41) is 0. The molecule has 0 atom stereocenters. The van der Waals surface area contributed by atoms with Gasteiger partial charge in [0.1, 0.15) is 17.0 Å². The van der Waals surface area contributed by atoms with Crippen molar-refractivity contribution in [3.63, 3.8) is 0 Å². The van der Waals surface area contributed by atoms with E-state index in [1.807, 2.05) is 37.3 Å². The predicted molar refractivity (Wildman–Crippen MR) is 87.1 cm³/mol. The van der Waals surface area contributed by atoms with Crippen molar-refractivity contribution in [2.75, 3.05) is 7.11 Å². The van der Waals surface area contributed by atoms with Gasteiger partial charge in [-0.25, -0.2) is 9.97 Å². The van der Waals surface area contributed by atoms with Crippen LogP contribution in [0.15, 0.2) is 34.7 Å². The molecule has 0 saturated heterocycles. The van der Waals surface area contributed by atoms with Crippen LogP contribution in [0.25, 0.3) is 22.5 Å². The van der Waals surface area contributed by atoms with Crippen LogP contribution in [0, 0.1) is 6.92 Å². The normalized spacial score (nSPS) is 11.0. The van der Waals surface area contributed by atoms with Crippen LogP contribution in [-0.2, 0) is 6.42 Å². The molecule has 3 rings (SSSR count). The minimum Gasteiger partial charge on any atom is -0.497 e. The van der Waals surface area contributed by atoms with Crippen LogP contribution in [0.5, 0.6) is 5.75 Å². The van der Waals surface area contributed by atoms with E-state index < -0.39 is 0 Å². The summed E-state index contributed by atoms with van der Waals surface area (Å²) < 4.78 is 11.0. The smallest absolute Gasteiger partial charge is 0.245 e. The van der Waals surface area contributed by atoms with Crippen LogP contribution >= 0.6 is 0 Å². The minimum absolute atomic E-state index is 0.626. The highest BCUT2D eigenvalue weighted by Crippen LogP contribution is 2.26. The molecule has 0 aliphatic rings. The monoisotopic (exact) mass is 296 g/mol. The molecule has 0 N–H and O–H groups in total. The number of furan rings is 1. The molecule has 0 unspecified atom stereocenters. The summed E-state index contributed by atoms with van der Waals surface area (Å²) in [5.41, 5.74) is 4.24. The third-order valence-electron chi connectivity index (χ3n) is 3.73. The van der Waals surface area contributed by atoms with Crippen molar-refractivity contribution in [3.8, 4) is 17.0 Å². The van der Waals surface area contributed by atoms with E-state index in [0.29, 0.717) is 5.71 Å². The van der Waals surface area contributed by atoms with E-state index >= 15 is 0 Å². The van der Waals surface area contributed by atoms with E-state index in [4.69, 9.17) is 14.1 Å². The lowest BCUT2D eigenvalue weighted by Gasteiger charge is -2.05. The molecule has 0 fully saturated rings. The van der Waals surface area contributed by atoms with Crippen molar-refractivity contribution in [3.05, 3.63) is 41.8 Å². The molecule has 2 aromatic heterocycles. The fourth-order valence-corrected chi connectivity index (χ4v) is 2.48. The van der Waals surface area contributed by atoms with Crippen molar-refractivity contribution in [1.29, 1.82) is 0 Å². The number of unbranched alkanes of at least 4 members (excludes halogenated alkanes) is 1. The first-order valence-electron chi connectivity index (χ1n) is 7.62. The molecule has 22 heavy (non-hydrogen) atoms. The molecule has 0 aliphatic carbocycles. The zero-order chi connectivity index (χ0) is 15.5. The number of hydrogen-bond donors (Lipinski definition) is 0. The Balaban J connectivity index is 1.99. The number of ether oxygens (including phenoxy) is 1. The molecule has 0 radical (unpaired) electrons. The van der Waals surface area contributed by atoms with Crippen LogP contribution in [-0.4, -0.2) is 17.1 Å². The first-order valence-corrected chi connectivity index (χ1v) is 7.62. The number of aryl methyl sites for hydroxylation is 2. The summed E-state index contributed by atoms with van der Waals surface area (Å²) in [7, 11) is 1.66. The Morgan fingerprint density at radius 1 is 1.14 bits per heavy atom. The fourth-order valence-electron chi connectivity index (χ4n) is 2.48. The van der Waals surface area contributed by atoms with Gasteiger partial charge < -0.3 is 9.15 Å².